The summed E-state index contributed by atoms with van der Waals surface area (Å²) in [7, 11) is 1.40. The lowest BCUT2D eigenvalue weighted by molar-refractivity contribution is -0.148. The second kappa shape index (κ2) is 19.4. The van der Waals surface area contributed by atoms with E-state index in [0.29, 0.717) is 44.3 Å². The van der Waals surface area contributed by atoms with Gasteiger partial charge >= 0.3 is 5.97 Å². The lowest BCUT2D eigenvalue weighted by Gasteiger charge is -2.38. The highest BCUT2D eigenvalue weighted by molar-refractivity contribution is 5.95. The van der Waals surface area contributed by atoms with Gasteiger partial charge in [-0.3, -0.25) is 14.4 Å². The number of aromatic amines is 1. The van der Waals surface area contributed by atoms with Crippen molar-refractivity contribution in [1.82, 2.24) is 14.9 Å². The molecule has 0 amide bonds. The lowest BCUT2D eigenvalue weighted by Crippen LogP contribution is -2.36. The Hall–Kier alpha value is -6.01. The first-order valence-corrected chi connectivity index (χ1v) is 21.8. The normalized spacial score (nSPS) is 23.3. The maximum atomic E-state index is 14.4. The topological polar surface area (TPSA) is 166 Å². The number of ketones is 2. The SMILES string of the molecule is COc1cc([C@@H]2CC(=O)C[C@H](OC(C)=O)CC[C@@]3(C=CC=C[C@@H]3C)Cc3c[nH]cc3C[C@@H](CCCO)C3=CCNC(=C3)N(CCC(C)=O)c3cccc4cn2cc34)cc(O)c1O. The summed E-state index contributed by atoms with van der Waals surface area (Å²) in [5.74, 6) is -0.128. The number of phenols is 2. The van der Waals surface area contributed by atoms with Crippen molar-refractivity contribution >= 4 is 34.0 Å². The number of carbonyl (C=O) groups is 3. The van der Waals surface area contributed by atoms with Gasteiger partial charge in [-0.2, -0.15) is 0 Å². The van der Waals surface area contributed by atoms with Crippen molar-refractivity contribution in [2.75, 3.05) is 31.7 Å². The molecule has 0 radical (unpaired) electrons. The minimum absolute atomic E-state index is 0.0109. The number of hydrogen-bond acceptors (Lipinski definition) is 10. The van der Waals surface area contributed by atoms with Gasteiger partial charge in [0.15, 0.2) is 11.5 Å². The molecule has 4 bridgehead atoms. The van der Waals surface area contributed by atoms with Gasteiger partial charge < -0.3 is 44.6 Å². The number of ether oxygens (including phenoxy) is 2. The average molecular weight is 845 g/mol. The number of aromatic nitrogens is 2. The van der Waals surface area contributed by atoms with Crippen molar-refractivity contribution in [2.24, 2.45) is 17.3 Å². The highest BCUT2D eigenvalue weighted by Crippen LogP contribution is 2.44. The minimum Gasteiger partial charge on any atom is -0.504 e. The summed E-state index contributed by atoms with van der Waals surface area (Å²) in [6.07, 6.45) is 24.9. The monoisotopic (exact) mass is 844 g/mol. The van der Waals surface area contributed by atoms with Crippen LogP contribution in [0.4, 0.5) is 5.69 Å². The number of aliphatic hydroxyl groups excluding tert-OH is 1. The largest absolute Gasteiger partial charge is 0.504 e. The summed E-state index contributed by atoms with van der Waals surface area (Å²) in [5, 5.41) is 36.9. The second-order valence-corrected chi connectivity index (χ2v) is 17.2. The molecule has 12 heteroatoms. The molecule has 4 heterocycles. The van der Waals surface area contributed by atoms with E-state index in [1.807, 2.05) is 35.2 Å². The number of benzene rings is 2. The number of H-pyrrole nitrogens is 1. The maximum absolute atomic E-state index is 14.4. The summed E-state index contributed by atoms with van der Waals surface area (Å²) in [4.78, 5) is 45.2. The first-order valence-electron chi connectivity index (χ1n) is 21.8. The van der Waals surface area contributed by atoms with E-state index in [4.69, 9.17) is 9.47 Å². The summed E-state index contributed by atoms with van der Waals surface area (Å²) in [5.41, 5.74) is 4.65. The summed E-state index contributed by atoms with van der Waals surface area (Å²) < 4.78 is 13.3. The number of hydrogen-bond donors (Lipinski definition) is 5. The number of allylic oxidation sites excluding steroid dienone is 6. The molecule has 0 saturated carbocycles. The lowest BCUT2D eigenvalue weighted by atomic mass is 9.66. The molecule has 1 aliphatic carbocycles. The van der Waals surface area contributed by atoms with E-state index < -0.39 is 23.9 Å². The van der Waals surface area contributed by atoms with Crippen LogP contribution in [0.2, 0.25) is 0 Å². The van der Waals surface area contributed by atoms with Crippen LogP contribution in [0.25, 0.3) is 10.8 Å². The van der Waals surface area contributed by atoms with Gasteiger partial charge in [0.25, 0.3) is 0 Å². The van der Waals surface area contributed by atoms with Gasteiger partial charge in [0.05, 0.1) is 18.8 Å². The Balaban J connectivity index is 1.39. The third kappa shape index (κ3) is 9.86. The molecule has 2 aromatic carbocycles. The fourth-order valence-corrected chi connectivity index (χ4v) is 9.57. The summed E-state index contributed by atoms with van der Waals surface area (Å²) >= 11 is 0. The van der Waals surface area contributed by atoms with E-state index in [1.54, 1.807) is 13.0 Å². The van der Waals surface area contributed by atoms with Crippen molar-refractivity contribution in [1.29, 1.82) is 0 Å². The fraction of sp³-hybridized carbons (Fsp3) is 0.420. The van der Waals surface area contributed by atoms with Gasteiger partial charge in [0.2, 0.25) is 5.75 Å². The molecule has 0 fully saturated rings. The zero-order chi connectivity index (χ0) is 44.0. The van der Waals surface area contributed by atoms with Gasteiger partial charge in [0, 0.05) is 81.4 Å². The molecule has 4 aromatic rings. The zero-order valence-electron chi connectivity index (χ0n) is 36.2. The van der Waals surface area contributed by atoms with Crippen LogP contribution in [0, 0.1) is 17.3 Å². The minimum atomic E-state index is -0.675. The van der Waals surface area contributed by atoms with Crippen molar-refractivity contribution in [3.63, 3.8) is 0 Å². The third-order valence-corrected chi connectivity index (χ3v) is 13.0. The van der Waals surface area contributed by atoms with Gasteiger partial charge in [-0.1, -0.05) is 49.4 Å². The van der Waals surface area contributed by atoms with E-state index >= 15 is 0 Å². The third-order valence-electron chi connectivity index (χ3n) is 13.0. The smallest absolute Gasteiger partial charge is 0.302 e. The molecule has 7 rings (SSSR count). The van der Waals surface area contributed by atoms with Crippen molar-refractivity contribution in [3.8, 4) is 17.2 Å². The number of aliphatic hydroxyl groups is 1. The first-order chi connectivity index (χ1) is 29.9. The number of nitrogens with one attached hydrogen (secondary N) is 2. The first kappa shape index (κ1) is 44.1. The molecule has 0 unspecified atom stereocenters. The van der Waals surface area contributed by atoms with Crippen LogP contribution in [0.15, 0.2) is 103 Å². The Bertz CT molecular complexity index is 2400. The maximum Gasteiger partial charge on any atom is 0.302 e. The number of aromatic hydroxyl groups is 2. The van der Waals surface area contributed by atoms with Crippen LogP contribution in [0.5, 0.6) is 17.2 Å². The van der Waals surface area contributed by atoms with E-state index in [1.165, 1.54) is 31.2 Å². The highest BCUT2D eigenvalue weighted by Gasteiger charge is 2.37. The number of rotatable bonds is 9. The van der Waals surface area contributed by atoms with Crippen LogP contribution >= 0.6 is 0 Å². The van der Waals surface area contributed by atoms with Crippen molar-refractivity contribution < 1.29 is 39.2 Å². The zero-order valence-corrected chi connectivity index (χ0v) is 36.2. The van der Waals surface area contributed by atoms with Gasteiger partial charge in [0.1, 0.15) is 23.5 Å². The number of dihydropyridines is 1. The molecule has 328 valence electrons. The van der Waals surface area contributed by atoms with Crippen LogP contribution in [-0.2, 0) is 32.0 Å². The Morgan fingerprint density at radius 1 is 1.03 bits per heavy atom. The predicted octanol–water partition coefficient (Wildman–Crippen LogP) is 8.13. The molecule has 2 aromatic heterocycles. The standard InChI is InChI=1S/C50H60N4O8/c1-32-9-5-6-16-50(32)17-13-42(62-34(3)57)25-41(58)26-45(38-22-46(59)49(60)47(23-38)61-4)53-30-37-10-7-12-44(43(37)31-53)54(19-15-33(2)56)48-24-36(14-18-52-48)35(11-8-20-55)21-39-28-51-29-40(39)27-50/h5-7,9-10,12,14,16,22-24,28-32,35,42,45,51-52,55,59-60H,8,11,13,15,17-21,25-27H2,1-4H3/t32-,35+,42+,45-,50-/m0/s1. The molecule has 5 atom stereocenters. The molecular formula is C50H60N4O8. The van der Waals surface area contributed by atoms with Crippen LogP contribution in [-0.4, -0.2) is 75.3 Å². The highest BCUT2D eigenvalue weighted by atomic mass is 16.5. The molecular weight excluding hydrogens is 785 g/mol. The Morgan fingerprint density at radius 3 is 2.61 bits per heavy atom. The number of anilines is 1. The number of methoxy groups -OCH3 is 1. The molecule has 0 saturated heterocycles. The van der Waals surface area contributed by atoms with Gasteiger partial charge in [-0.05, 0) is 109 Å². The molecule has 12 nitrogen and oxygen atoms in total. The number of phenolic OH excluding ortho intramolecular Hbond substituents is 2. The predicted molar refractivity (Wildman–Crippen MR) is 240 cm³/mol. The summed E-state index contributed by atoms with van der Waals surface area (Å²) in [6, 6.07) is 8.43. The molecule has 1 spiro atoms. The van der Waals surface area contributed by atoms with Crippen LogP contribution in [0.1, 0.15) is 88.4 Å². The van der Waals surface area contributed by atoms with Crippen LogP contribution < -0.4 is 15.0 Å². The van der Waals surface area contributed by atoms with Gasteiger partial charge in [-0.25, -0.2) is 0 Å². The molecule has 3 aliphatic rings. The number of nitrogens with zero attached hydrogens (tertiary/aromatic N) is 2. The van der Waals surface area contributed by atoms with E-state index in [2.05, 4.69) is 71.0 Å². The molecule has 2 aliphatic heterocycles. The van der Waals surface area contributed by atoms with Crippen LogP contribution in [0.3, 0.4) is 0 Å². The second-order valence-electron chi connectivity index (χ2n) is 17.2. The molecule has 5 N–H and O–H groups in total. The van der Waals surface area contributed by atoms with Crippen molar-refractivity contribution in [2.45, 2.75) is 90.7 Å². The van der Waals surface area contributed by atoms with E-state index in [0.717, 1.165) is 47.1 Å². The number of fused-ring (bicyclic) bond motifs is 3. The quantitative estimate of drug-likeness (QED) is 0.0821. The number of Topliss-reactive ketones (excluding diaryl/α,β-unsaturated/α-hetero) is 2. The van der Waals surface area contributed by atoms with Gasteiger partial charge in [-0.15, -0.1) is 0 Å². The van der Waals surface area contributed by atoms with E-state index in [-0.39, 0.29) is 59.8 Å². The van der Waals surface area contributed by atoms with E-state index in [9.17, 15) is 29.7 Å². The Morgan fingerprint density at radius 2 is 1.85 bits per heavy atom. The summed E-state index contributed by atoms with van der Waals surface area (Å²) in [6.45, 7) is 6.27. The Kier molecular flexibility index (Phi) is 13.8. The number of carbonyl (C=O) groups excluding carboxylic acids is 3. The average Bonchev–Trinajstić information content (AvgIpc) is 3.89. The Labute approximate surface area is 363 Å². The van der Waals surface area contributed by atoms with Crippen molar-refractivity contribution in [3.05, 3.63) is 120 Å². The number of esters is 1. The molecule has 62 heavy (non-hydrogen) atoms. The fourth-order valence-electron chi connectivity index (χ4n) is 9.57.